The number of nitrogens with zero attached hydrogens (tertiary/aromatic N) is 2. The Kier molecular flexibility index (Phi) is 3.12. The molecule has 0 aliphatic rings. The van der Waals surface area contributed by atoms with Gasteiger partial charge in [-0.3, -0.25) is 9.13 Å². The molecule has 0 amide bonds. The van der Waals surface area contributed by atoms with E-state index in [1.807, 2.05) is 0 Å². The minimum Gasteiger partial charge on any atom is -0.295 e. The second-order valence-corrected chi connectivity index (χ2v) is 4.99. The van der Waals surface area contributed by atoms with Crippen molar-refractivity contribution in [2.75, 3.05) is 0 Å². The van der Waals surface area contributed by atoms with E-state index in [1.54, 1.807) is 49.5 Å². The molecule has 0 fully saturated rings. The molecular formula is C16H14F2N2O. The highest BCUT2D eigenvalue weighted by Crippen LogP contribution is 2.30. The van der Waals surface area contributed by atoms with Crippen LogP contribution >= 0.6 is 0 Å². The van der Waals surface area contributed by atoms with Gasteiger partial charge in [0.15, 0.2) is 0 Å². The molecule has 0 aliphatic carbocycles. The molecule has 0 saturated carbocycles. The minimum atomic E-state index is -3.10. The summed E-state index contributed by atoms with van der Waals surface area (Å²) in [5.74, 6) is -3.10. The topological polar surface area (TPSA) is 26.9 Å². The van der Waals surface area contributed by atoms with E-state index in [0.29, 0.717) is 11.0 Å². The molecule has 0 spiro atoms. The van der Waals surface area contributed by atoms with Gasteiger partial charge in [-0.15, -0.1) is 0 Å². The number of imidazole rings is 1. The van der Waals surface area contributed by atoms with Crippen LogP contribution in [0.5, 0.6) is 0 Å². The molecule has 1 aromatic heterocycles. The molecule has 0 atom stereocenters. The number of hydrogen-bond acceptors (Lipinski definition) is 1. The van der Waals surface area contributed by atoms with Gasteiger partial charge < -0.3 is 0 Å². The minimum absolute atomic E-state index is 0.0927. The van der Waals surface area contributed by atoms with E-state index < -0.39 is 18.2 Å². The lowest BCUT2D eigenvalue weighted by molar-refractivity contribution is -0.0221. The molecule has 3 rings (SSSR count). The molecule has 0 bridgehead atoms. The van der Waals surface area contributed by atoms with Crippen molar-refractivity contribution in [3.8, 4) is 0 Å². The first-order valence-corrected chi connectivity index (χ1v) is 6.58. The molecule has 5 heteroatoms. The van der Waals surface area contributed by atoms with Gasteiger partial charge in [0.05, 0.1) is 17.6 Å². The predicted octanol–water partition coefficient (Wildman–Crippen LogP) is 3.13. The normalized spacial score (nSPS) is 12.0. The lowest BCUT2D eigenvalue weighted by atomic mass is 10.1. The molecule has 0 saturated heterocycles. The van der Waals surface area contributed by atoms with Crippen molar-refractivity contribution < 1.29 is 8.78 Å². The Morgan fingerprint density at radius 1 is 0.952 bits per heavy atom. The van der Waals surface area contributed by atoms with Gasteiger partial charge in [-0.2, -0.15) is 8.78 Å². The largest absolute Gasteiger partial charge is 0.329 e. The van der Waals surface area contributed by atoms with Crippen LogP contribution in [0.4, 0.5) is 8.78 Å². The van der Waals surface area contributed by atoms with Crippen LogP contribution in [-0.4, -0.2) is 9.13 Å². The van der Waals surface area contributed by atoms with Gasteiger partial charge in [0, 0.05) is 12.6 Å². The smallest absolute Gasteiger partial charge is 0.295 e. The van der Waals surface area contributed by atoms with Crippen molar-refractivity contribution in [3.63, 3.8) is 0 Å². The van der Waals surface area contributed by atoms with Gasteiger partial charge in [0.25, 0.3) is 5.92 Å². The van der Waals surface area contributed by atoms with Crippen LogP contribution in [0.2, 0.25) is 0 Å². The lowest BCUT2D eigenvalue weighted by Crippen LogP contribution is -2.30. The first-order chi connectivity index (χ1) is 10.0. The number of aromatic nitrogens is 2. The maximum atomic E-state index is 14.4. The quantitative estimate of drug-likeness (QED) is 0.727. The Hall–Kier alpha value is -2.43. The molecule has 0 aliphatic heterocycles. The van der Waals surface area contributed by atoms with Crippen LogP contribution in [0.15, 0.2) is 59.4 Å². The van der Waals surface area contributed by atoms with Crippen LogP contribution in [-0.2, 0) is 19.5 Å². The fourth-order valence-electron chi connectivity index (χ4n) is 2.49. The monoisotopic (exact) mass is 288 g/mol. The number of para-hydroxylation sites is 2. The number of rotatable bonds is 3. The number of benzene rings is 2. The summed E-state index contributed by atoms with van der Waals surface area (Å²) in [5.41, 5.74) is 0.628. The first-order valence-electron chi connectivity index (χ1n) is 6.58. The van der Waals surface area contributed by atoms with Gasteiger partial charge in [-0.05, 0) is 12.1 Å². The highest BCUT2D eigenvalue weighted by molar-refractivity contribution is 5.75. The fourth-order valence-corrected chi connectivity index (χ4v) is 2.49. The Morgan fingerprint density at radius 2 is 1.52 bits per heavy atom. The van der Waals surface area contributed by atoms with E-state index in [1.165, 1.54) is 16.7 Å². The van der Waals surface area contributed by atoms with E-state index in [2.05, 4.69) is 0 Å². The Morgan fingerprint density at radius 3 is 2.19 bits per heavy atom. The lowest BCUT2D eigenvalue weighted by Gasteiger charge is -2.17. The maximum absolute atomic E-state index is 14.4. The Labute approximate surface area is 120 Å². The Balaban J connectivity index is 2.10. The first kappa shape index (κ1) is 13.5. The number of aryl methyl sites for hydroxylation is 1. The highest BCUT2D eigenvalue weighted by Gasteiger charge is 2.33. The summed E-state index contributed by atoms with van der Waals surface area (Å²) in [6.45, 7) is -0.669. The zero-order chi connectivity index (χ0) is 15.0. The summed E-state index contributed by atoms with van der Waals surface area (Å²) in [5, 5.41) is 0. The molecule has 2 aromatic carbocycles. The third kappa shape index (κ3) is 2.24. The molecule has 0 radical (unpaired) electrons. The molecule has 0 N–H and O–H groups in total. The molecular weight excluding hydrogens is 274 g/mol. The fraction of sp³-hybridized carbons (Fsp3) is 0.188. The second-order valence-electron chi connectivity index (χ2n) is 4.99. The molecule has 3 nitrogen and oxygen atoms in total. The van der Waals surface area contributed by atoms with Crippen molar-refractivity contribution in [3.05, 3.63) is 70.6 Å². The molecule has 1 heterocycles. The average Bonchev–Trinajstić information content (AvgIpc) is 2.74. The number of halogens is 2. The summed E-state index contributed by atoms with van der Waals surface area (Å²) in [7, 11) is 1.59. The van der Waals surface area contributed by atoms with Gasteiger partial charge >= 0.3 is 5.69 Å². The van der Waals surface area contributed by atoms with Crippen molar-refractivity contribution in [2.45, 2.75) is 12.5 Å². The summed E-state index contributed by atoms with van der Waals surface area (Å²) in [6, 6.07) is 14.5. The van der Waals surface area contributed by atoms with Crippen LogP contribution in [0.25, 0.3) is 11.0 Å². The number of alkyl halides is 2. The van der Waals surface area contributed by atoms with Crippen LogP contribution in [0.3, 0.4) is 0 Å². The summed E-state index contributed by atoms with van der Waals surface area (Å²) in [4.78, 5) is 12.2. The van der Waals surface area contributed by atoms with Crippen molar-refractivity contribution in [1.29, 1.82) is 0 Å². The van der Waals surface area contributed by atoms with Gasteiger partial charge in [-0.1, -0.05) is 42.5 Å². The van der Waals surface area contributed by atoms with Crippen LogP contribution in [0.1, 0.15) is 5.56 Å². The SMILES string of the molecule is Cn1c(=O)n(CC(F)(F)c2ccccc2)c2ccccc21. The van der Waals surface area contributed by atoms with E-state index in [-0.39, 0.29) is 5.56 Å². The third-order valence-corrected chi connectivity index (χ3v) is 3.60. The summed E-state index contributed by atoms with van der Waals surface area (Å²) < 4.78 is 31.3. The van der Waals surface area contributed by atoms with Crippen molar-refractivity contribution in [1.82, 2.24) is 9.13 Å². The van der Waals surface area contributed by atoms with Gasteiger partial charge in [0.1, 0.15) is 0 Å². The highest BCUT2D eigenvalue weighted by atomic mass is 19.3. The van der Waals surface area contributed by atoms with Crippen LogP contribution in [0, 0.1) is 0 Å². The zero-order valence-corrected chi connectivity index (χ0v) is 11.5. The molecule has 108 valence electrons. The third-order valence-electron chi connectivity index (χ3n) is 3.60. The van der Waals surface area contributed by atoms with Crippen LogP contribution < -0.4 is 5.69 Å². The molecule has 21 heavy (non-hydrogen) atoms. The van der Waals surface area contributed by atoms with E-state index >= 15 is 0 Å². The van der Waals surface area contributed by atoms with Crippen molar-refractivity contribution >= 4 is 11.0 Å². The van der Waals surface area contributed by atoms with E-state index in [0.717, 1.165) is 4.57 Å². The second kappa shape index (κ2) is 4.84. The average molecular weight is 288 g/mol. The Bertz CT molecular complexity index is 834. The van der Waals surface area contributed by atoms with Gasteiger partial charge in [0.2, 0.25) is 0 Å². The number of hydrogen-bond donors (Lipinski definition) is 0. The predicted molar refractivity (Wildman–Crippen MR) is 77.5 cm³/mol. The maximum Gasteiger partial charge on any atom is 0.329 e. The summed E-state index contributed by atoms with van der Waals surface area (Å²) in [6.07, 6.45) is 0. The molecule has 0 unspecified atom stereocenters. The molecule has 3 aromatic rings. The standard InChI is InChI=1S/C16H14F2N2O/c1-19-13-9-5-6-10-14(13)20(15(19)21)11-16(17,18)12-7-3-2-4-8-12/h2-10H,11H2,1H3. The van der Waals surface area contributed by atoms with Crippen molar-refractivity contribution in [2.24, 2.45) is 7.05 Å². The number of fused-ring (bicyclic) bond motifs is 1. The summed E-state index contributed by atoms with van der Waals surface area (Å²) >= 11 is 0. The zero-order valence-electron chi connectivity index (χ0n) is 11.5. The van der Waals surface area contributed by atoms with Gasteiger partial charge in [-0.25, -0.2) is 4.79 Å². The van der Waals surface area contributed by atoms with E-state index in [9.17, 15) is 13.6 Å². The van der Waals surface area contributed by atoms with E-state index in [4.69, 9.17) is 0 Å².